The average Bonchev–Trinajstić information content (AvgIpc) is 2.51. The van der Waals surface area contributed by atoms with Gasteiger partial charge in [0.25, 0.3) is 5.91 Å². The standard InChI is InChI=1S/C17H23NO3/c1-3-18(11-12(2)17(20)21)16(19)15-9-8-13-6-4-5-7-14(13)10-15/h8-10,12H,3-7,11H2,1-2H3,(H,20,21). The Morgan fingerprint density at radius 1 is 1.24 bits per heavy atom. The lowest BCUT2D eigenvalue weighted by Crippen LogP contribution is -2.36. The van der Waals surface area contributed by atoms with Crippen LogP contribution in [0.25, 0.3) is 0 Å². The van der Waals surface area contributed by atoms with Crippen molar-refractivity contribution >= 4 is 11.9 Å². The van der Waals surface area contributed by atoms with Gasteiger partial charge in [-0.25, -0.2) is 0 Å². The minimum atomic E-state index is -0.869. The van der Waals surface area contributed by atoms with Crippen LogP contribution in [0.1, 0.15) is 48.2 Å². The molecule has 0 aromatic heterocycles. The van der Waals surface area contributed by atoms with Crippen molar-refractivity contribution in [3.8, 4) is 0 Å². The fourth-order valence-corrected chi connectivity index (χ4v) is 2.81. The van der Waals surface area contributed by atoms with Gasteiger partial charge in [0, 0.05) is 18.7 Å². The maximum Gasteiger partial charge on any atom is 0.308 e. The third kappa shape index (κ3) is 3.63. The van der Waals surface area contributed by atoms with Crippen LogP contribution >= 0.6 is 0 Å². The van der Waals surface area contributed by atoms with Gasteiger partial charge in [-0.1, -0.05) is 13.0 Å². The molecule has 1 aliphatic carbocycles. The molecule has 4 heteroatoms. The van der Waals surface area contributed by atoms with E-state index in [2.05, 4.69) is 6.07 Å². The summed E-state index contributed by atoms with van der Waals surface area (Å²) in [4.78, 5) is 25.1. The van der Waals surface area contributed by atoms with Crippen LogP contribution in [0.2, 0.25) is 0 Å². The monoisotopic (exact) mass is 289 g/mol. The number of aryl methyl sites for hydroxylation is 2. The van der Waals surface area contributed by atoms with Crippen molar-refractivity contribution in [3.05, 3.63) is 34.9 Å². The zero-order valence-corrected chi connectivity index (χ0v) is 12.8. The lowest BCUT2D eigenvalue weighted by molar-refractivity contribution is -0.141. The van der Waals surface area contributed by atoms with Crippen LogP contribution in [0.5, 0.6) is 0 Å². The fourth-order valence-electron chi connectivity index (χ4n) is 2.81. The van der Waals surface area contributed by atoms with Gasteiger partial charge in [-0.3, -0.25) is 9.59 Å². The molecule has 1 amide bonds. The number of carboxylic acids is 1. The van der Waals surface area contributed by atoms with Crippen molar-refractivity contribution < 1.29 is 14.7 Å². The van der Waals surface area contributed by atoms with Crippen molar-refractivity contribution in [2.75, 3.05) is 13.1 Å². The number of benzene rings is 1. The van der Waals surface area contributed by atoms with E-state index >= 15 is 0 Å². The molecule has 0 bridgehead atoms. The number of nitrogens with zero attached hydrogens (tertiary/aromatic N) is 1. The molecule has 1 N–H and O–H groups in total. The highest BCUT2D eigenvalue weighted by molar-refractivity contribution is 5.94. The van der Waals surface area contributed by atoms with Gasteiger partial charge >= 0.3 is 5.97 Å². The predicted molar refractivity (Wildman–Crippen MR) is 81.5 cm³/mol. The topological polar surface area (TPSA) is 57.6 Å². The second-order valence-corrected chi connectivity index (χ2v) is 5.77. The van der Waals surface area contributed by atoms with Gasteiger partial charge in [0.2, 0.25) is 0 Å². The smallest absolute Gasteiger partial charge is 0.308 e. The van der Waals surface area contributed by atoms with E-state index in [-0.39, 0.29) is 12.5 Å². The quantitative estimate of drug-likeness (QED) is 0.906. The largest absolute Gasteiger partial charge is 0.481 e. The van der Waals surface area contributed by atoms with Crippen molar-refractivity contribution in [2.24, 2.45) is 5.92 Å². The highest BCUT2D eigenvalue weighted by atomic mass is 16.4. The number of carboxylic acid groups (broad SMARTS) is 1. The summed E-state index contributed by atoms with van der Waals surface area (Å²) in [5, 5.41) is 9.00. The summed E-state index contributed by atoms with van der Waals surface area (Å²) in [6, 6.07) is 5.92. The summed E-state index contributed by atoms with van der Waals surface area (Å²) < 4.78 is 0. The molecule has 0 saturated heterocycles. The van der Waals surface area contributed by atoms with Gasteiger partial charge in [0.15, 0.2) is 0 Å². The molecule has 0 fully saturated rings. The minimum absolute atomic E-state index is 0.0704. The molecule has 21 heavy (non-hydrogen) atoms. The zero-order chi connectivity index (χ0) is 15.4. The summed E-state index contributed by atoms with van der Waals surface area (Å²) in [5.74, 6) is -1.49. The van der Waals surface area contributed by atoms with Gasteiger partial charge in [0.1, 0.15) is 0 Å². The first-order valence-electron chi connectivity index (χ1n) is 7.66. The molecule has 0 aliphatic heterocycles. The van der Waals surface area contributed by atoms with Crippen LogP contribution < -0.4 is 0 Å². The average molecular weight is 289 g/mol. The van der Waals surface area contributed by atoms with Crippen molar-refractivity contribution in [1.82, 2.24) is 4.90 Å². The molecule has 1 aliphatic rings. The Hall–Kier alpha value is -1.84. The third-order valence-corrected chi connectivity index (χ3v) is 4.18. The molecule has 4 nitrogen and oxygen atoms in total. The van der Waals surface area contributed by atoms with E-state index in [0.29, 0.717) is 12.1 Å². The molecule has 0 heterocycles. The van der Waals surface area contributed by atoms with E-state index in [0.717, 1.165) is 12.8 Å². The number of aliphatic carboxylic acids is 1. The second kappa shape index (κ2) is 6.74. The summed E-state index contributed by atoms with van der Waals surface area (Å²) in [5.41, 5.74) is 3.30. The molecular formula is C17H23NO3. The van der Waals surface area contributed by atoms with E-state index in [1.54, 1.807) is 11.8 Å². The first-order chi connectivity index (χ1) is 10.0. The number of carbonyl (C=O) groups excluding carboxylic acids is 1. The maximum absolute atomic E-state index is 12.6. The first-order valence-corrected chi connectivity index (χ1v) is 7.66. The van der Waals surface area contributed by atoms with E-state index in [1.165, 1.54) is 24.0 Å². The molecule has 0 radical (unpaired) electrons. The maximum atomic E-state index is 12.6. The van der Waals surface area contributed by atoms with E-state index in [1.807, 2.05) is 19.1 Å². The van der Waals surface area contributed by atoms with E-state index in [4.69, 9.17) is 5.11 Å². The van der Waals surface area contributed by atoms with Crippen LogP contribution in [-0.2, 0) is 17.6 Å². The minimum Gasteiger partial charge on any atom is -0.481 e. The van der Waals surface area contributed by atoms with Crippen LogP contribution in [-0.4, -0.2) is 35.0 Å². The predicted octanol–water partition coefficient (Wildman–Crippen LogP) is 2.75. The SMILES string of the molecule is CCN(CC(C)C(=O)O)C(=O)c1ccc2c(c1)CCCC2. The lowest BCUT2D eigenvalue weighted by atomic mass is 9.90. The van der Waals surface area contributed by atoms with E-state index in [9.17, 15) is 9.59 Å². The van der Waals surface area contributed by atoms with Gasteiger partial charge in [-0.2, -0.15) is 0 Å². The summed E-state index contributed by atoms with van der Waals surface area (Å²) in [6.45, 7) is 4.28. The molecule has 1 aromatic rings. The Kier molecular flexibility index (Phi) is 4.99. The van der Waals surface area contributed by atoms with Crippen molar-refractivity contribution in [1.29, 1.82) is 0 Å². The van der Waals surface area contributed by atoms with Crippen LogP contribution in [0.3, 0.4) is 0 Å². The summed E-state index contributed by atoms with van der Waals surface area (Å²) >= 11 is 0. The second-order valence-electron chi connectivity index (χ2n) is 5.77. The highest BCUT2D eigenvalue weighted by Crippen LogP contribution is 2.23. The fraction of sp³-hybridized carbons (Fsp3) is 0.529. The Morgan fingerprint density at radius 3 is 2.52 bits per heavy atom. The van der Waals surface area contributed by atoms with Crippen molar-refractivity contribution in [2.45, 2.75) is 39.5 Å². The number of amides is 1. The van der Waals surface area contributed by atoms with Crippen molar-refractivity contribution in [3.63, 3.8) is 0 Å². The van der Waals surface area contributed by atoms with Gasteiger partial charge in [0.05, 0.1) is 5.92 Å². The highest BCUT2D eigenvalue weighted by Gasteiger charge is 2.21. The van der Waals surface area contributed by atoms with Gasteiger partial charge < -0.3 is 10.0 Å². The number of rotatable bonds is 5. The first kappa shape index (κ1) is 15.5. The number of carbonyl (C=O) groups is 2. The Bertz CT molecular complexity index is 539. The lowest BCUT2D eigenvalue weighted by Gasteiger charge is -2.24. The van der Waals surface area contributed by atoms with Crippen LogP contribution in [0.15, 0.2) is 18.2 Å². The molecule has 0 spiro atoms. The molecular weight excluding hydrogens is 266 g/mol. The van der Waals surface area contributed by atoms with E-state index < -0.39 is 11.9 Å². The number of hydrogen-bond donors (Lipinski definition) is 1. The molecule has 1 unspecified atom stereocenters. The molecule has 0 saturated carbocycles. The Balaban J connectivity index is 2.15. The molecule has 1 atom stereocenters. The third-order valence-electron chi connectivity index (χ3n) is 4.18. The summed E-state index contributed by atoms with van der Waals surface area (Å²) in [6.07, 6.45) is 4.53. The van der Waals surface area contributed by atoms with Gasteiger partial charge in [-0.05, 0) is 55.9 Å². The number of hydrogen-bond acceptors (Lipinski definition) is 2. The zero-order valence-electron chi connectivity index (χ0n) is 12.8. The molecule has 2 rings (SSSR count). The Morgan fingerprint density at radius 2 is 1.90 bits per heavy atom. The van der Waals surface area contributed by atoms with Crippen LogP contribution in [0.4, 0.5) is 0 Å². The number of fused-ring (bicyclic) bond motifs is 1. The van der Waals surface area contributed by atoms with Crippen LogP contribution in [0, 0.1) is 5.92 Å². The van der Waals surface area contributed by atoms with Gasteiger partial charge in [-0.15, -0.1) is 0 Å². The molecule has 114 valence electrons. The summed E-state index contributed by atoms with van der Waals surface area (Å²) in [7, 11) is 0. The Labute approximate surface area is 125 Å². The molecule has 1 aromatic carbocycles. The normalized spacial score (nSPS) is 15.1.